The van der Waals surface area contributed by atoms with Gasteiger partial charge in [-0.2, -0.15) is 0 Å². The molecule has 3 rings (SSSR count). The van der Waals surface area contributed by atoms with E-state index < -0.39 is 15.9 Å². The summed E-state index contributed by atoms with van der Waals surface area (Å²) in [6, 6.07) is 14.5. The Kier molecular flexibility index (Phi) is 6.40. The van der Waals surface area contributed by atoms with Crippen molar-refractivity contribution in [2.45, 2.75) is 4.90 Å². The molecular formula is C20H16Cl2N2O5S. The summed E-state index contributed by atoms with van der Waals surface area (Å²) in [6.45, 7) is 0. The second-order valence-corrected chi connectivity index (χ2v) is 8.56. The van der Waals surface area contributed by atoms with Crippen molar-refractivity contribution in [1.82, 2.24) is 0 Å². The highest BCUT2D eigenvalue weighted by Crippen LogP contribution is 2.38. The summed E-state index contributed by atoms with van der Waals surface area (Å²) in [5.41, 5.74) is 5.53. The van der Waals surface area contributed by atoms with E-state index in [0.717, 1.165) is 0 Å². The van der Waals surface area contributed by atoms with E-state index in [-0.39, 0.29) is 32.7 Å². The molecule has 0 bridgehead atoms. The number of carbonyl (C=O) groups excluding carboxylic acids is 1. The summed E-state index contributed by atoms with van der Waals surface area (Å²) in [5, 5.41) is 0.680. The van der Waals surface area contributed by atoms with Gasteiger partial charge in [-0.3, -0.25) is 9.52 Å². The molecule has 0 spiro atoms. The number of ether oxygens (including phenoxy) is 2. The van der Waals surface area contributed by atoms with Crippen LogP contribution in [-0.4, -0.2) is 21.4 Å². The van der Waals surface area contributed by atoms with Gasteiger partial charge in [-0.25, -0.2) is 8.42 Å². The second kappa shape index (κ2) is 8.83. The van der Waals surface area contributed by atoms with Crippen molar-refractivity contribution < 1.29 is 22.7 Å². The van der Waals surface area contributed by atoms with Gasteiger partial charge in [0.2, 0.25) is 5.91 Å². The number of hydrogen-bond acceptors (Lipinski definition) is 5. The predicted molar refractivity (Wildman–Crippen MR) is 115 cm³/mol. The van der Waals surface area contributed by atoms with Crippen LogP contribution in [0.4, 0.5) is 5.69 Å². The van der Waals surface area contributed by atoms with Crippen molar-refractivity contribution in [2.75, 3.05) is 11.8 Å². The van der Waals surface area contributed by atoms with Gasteiger partial charge in [0.05, 0.1) is 22.7 Å². The Bertz CT molecular complexity index is 1200. The molecule has 0 unspecified atom stereocenters. The minimum Gasteiger partial charge on any atom is -0.497 e. The van der Waals surface area contributed by atoms with E-state index in [0.29, 0.717) is 10.8 Å². The Morgan fingerprint density at radius 2 is 1.67 bits per heavy atom. The van der Waals surface area contributed by atoms with Crippen molar-refractivity contribution in [1.29, 1.82) is 0 Å². The van der Waals surface area contributed by atoms with Gasteiger partial charge in [-0.1, -0.05) is 23.2 Å². The molecule has 1 amide bonds. The predicted octanol–water partition coefficient (Wildman–Crippen LogP) is 4.69. The molecule has 0 aliphatic carbocycles. The average Bonchev–Trinajstić information content (AvgIpc) is 2.71. The summed E-state index contributed by atoms with van der Waals surface area (Å²) >= 11 is 12.1. The second-order valence-electron chi connectivity index (χ2n) is 6.03. The lowest BCUT2D eigenvalue weighted by Crippen LogP contribution is -2.15. The van der Waals surface area contributed by atoms with E-state index in [9.17, 15) is 13.2 Å². The average molecular weight is 467 g/mol. The van der Waals surface area contributed by atoms with Crippen molar-refractivity contribution in [2.24, 2.45) is 5.73 Å². The van der Waals surface area contributed by atoms with E-state index >= 15 is 0 Å². The lowest BCUT2D eigenvalue weighted by atomic mass is 10.2. The Labute approximate surface area is 183 Å². The van der Waals surface area contributed by atoms with Crippen molar-refractivity contribution >= 4 is 44.8 Å². The summed E-state index contributed by atoms with van der Waals surface area (Å²) in [4.78, 5) is 11.1. The quantitative estimate of drug-likeness (QED) is 0.524. The Hall–Kier alpha value is -2.94. The third-order valence-electron chi connectivity index (χ3n) is 4.00. The van der Waals surface area contributed by atoms with Gasteiger partial charge in [0.15, 0.2) is 5.75 Å². The number of methoxy groups -OCH3 is 1. The maximum absolute atomic E-state index is 12.8. The fourth-order valence-electron chi connectivity index (χ4n) is 2.48. The van der Waals surface area contributed by atoms with Crippen LogP contribution in [-0.2, 0) is 10.0 Å². The summed E-state index contributed by atoms with van der Waals surface area (Å²) in [6.07, 6.45) is 0. The SMILES string of the molecule is COc1ccc(NS(=O)(=O)c2ccc(C(N)=O)cc2)c(Oc2ccc(Cl)cc2Cl)c1. The topological polar surface area (TPSA) is 108 Å². The Balaban J connectivity index is 1.95. The number of amides is 1. The van der Waals surface area contributed by atoms with Gasteiger partial charge < -0.3 is 15.2 Å². The van der Waals surface area contributed by atoms with Gasteiger partial charge >= 0.3 is 0 Å². The van der Waals surface area contributed by atoms with E-state index in [1.807, 2.05) is 0 Å². The fraction of sp³-hybridized carbons (Fsp3) is 0.0500. The van der Waals surface area contributed by atoms with Gasteiger partial charge in [0.1, 0.15) is 11.5 Å². The molecule has 3 aromatic carbocycles. The van der Waals surface area contributed by atoms with Crippen LogP contribution in [0.5, 0.6) is 17.2 Å². The molecule has 0 heterocycles. The van der Waals surface area contributed by atoms with Gasteiger partial charge in [-0.05, 0) is 54.6 Å². The number of sulfonamides is 1. The van der Waals surface area contributed by atoms with Crippen molar-refractivity contribution in [3.05, 3.63) is 76.3 Å². The zero-order valence-electron chi connectivity index (χ0n) is 15.6. The van der Waals surface area contributed by atoms with Crippen LogP contribution in [0.2, 0.25) is 10.0 Å². The van der Waals surface area contributed by atoms with Crippen molar-refractivity contribution in [3.8, 4) is 17.2 Å². The third-order valence-corrected chi connectivity index (χ3v) is 5.91. The molecule has 3 N–H and O–H groups in total. The summed E-state index contributed by atoms with van der Waals surface area (Å²) < 4.78 is 39.1. The first kappa shape index (κ1) is 21.8. The molecule has 30 heavy (non-hydrogen) atoms. The zero-order valence-corrected chi connectivity index (χ0v) is 17.9. The zero-order chi connectivity index (χ0) is 21.9. The maximum Gasteiger partial charge on any atom is 0.262 e. The number of carbonyl (C=O) groups is 1. The minimum atomic E-state index is -3.98. The lowest BCUT2D eigenvalue weighted by Gasteiger charge is -2.15. The molecular weight excluding hydrogens is 451 g/mol. The highest BCUT2D eigenvalue weighted by Gasteiger charge is 2.19. The van der Waals surface area contributed by atoms with Crippen LogP contribution < -0.4 is 19.9 Å². The Morgan fingerprint density at radius 1 is 0.967 bits per heavy atom. The van der Waals surface area contributed by atoms with Crippen LogP contribution >= 0.6 is 23.2 Å². The largest absolute Gasteiger partial charge is 0.497 e. The molecule has 0 aliphatic heterocycles. The molecule has 0 atom stereocenters. The minimum absolute atomic E-state index is 0.0567. The standard InChI is InChI=1S/C20H16Cl2N2O5S/c1-28-14-5-8-17(19(11-14)29-18-9-4-13(21)10-16(18)22)24-30(26,27)15-6-2-12(3-7-15)20(23)25/h2-11,24H,1H3,(H2,23,25). The first-order chi connectivity index (χ1) is 14.2. The number of primary amides is 1. The molecule has 0 radical (unpaired) electrons. The number of nitrogens with one attached hydrogen (secondary N) is 1. The molecule has 0 fully saturated rings. The van der Waals surface area contributed by atoms with Gasteiger partial charge in [-0.15, -0.1) is 0 Å². The molecule has 156 valence electrons. The third kappa shape index (κ3) is 4.96. The van der Waals surface area contributed by atoms with Crippen LogP contribution in [0, 0.1) is 0 Å². The lowest BCUT2D eigenvalue weighted by molar-refractivity contribution is 0.1000. The van der Waals surface area contributed by atoms with Crippen LogP contribution in [0.25, 0.3) is 0 Å². The molecule has 0 aromatic heterocycles. The normalized spacial score (nSPS) is 11.0. The van der Waals surface area contributed by atoms with E-state index in [1.165, 1.54) is 49.6 Å². The molecule has 0 saturated heterocycles. The van der Waals surface area contributed by atoms with E-state index in [2.05, 4.69) is 4.72 Å². The highest BCUT2D eigenvalue weighted by molar-refractivity contribution is 7.92. The molecule has 0 saturated carbocycles. The fourth-order valence-corrected chi connectivity index (χ4v) is 3.99. The van der Waals surface area contributed by atoms with Crippen LogP contribution in [0.3, 0.4) is 0 Å². The number of anilines is 1. The van der Waals surface area contributed by atoms with E-state index in [4.69, 9.17) is 38.4 Å². The maximum atomic E-state index is 12.8. The van der Waals surface area contributed by atoms with Crippen LogP contribution in [0.1, 0.15) is 10.4 Å². The number of rotatable bonds is 7. The number of nitrogens with two attached hydrogens (primary N) is 1. The summed E-state index contributed by atoms with van der Waals surface area (Å²) in [7, 11) is -2.51. The van der Waals surface area contributed by atoms with Gasteiger partial charge in [0, 0.05) is 16.7 Å². The molecule has 7 nitrogen and oxygen atoms in total. The smallest absolute Gasteiger partial charge is 0.262 e. The number of benzene rings is 3. The monoisotopic (exact) mass is 466 g/mol. The number of halogens is 2. The summed E-state index contributed by atoms with van der Waals surface area (Å²) in [5.74, 6) is 0.234. The van der Waals surface area contributed by atoms with Gasteiger partial charge in [0.25, 0.3) is 10.0 Å². The van der Waals surface area contributed by atoms with E-state index in [1.54, 1.807) is 18.2 Å². The first-order valence-electron chi connectivity index (χ1n) is 8.43. The molecule has 3 aromatic rings. The molecule has 10 heteroatoms. The Morgan fingerprint density at radius 3 is 2.27 bits per heavy atom. The molecule has 0 aliphatic rings. The number of hydrogen-bond donors (Lipinski definition) is 2. The highest BCUT2D eigenvalue weighted by atomic mass is 35.5. The van der Waals surface area contributed by atoms with Crippen LogP contribution in [0.15, 0.2) is 65.6 Å². The van der Waals surface area contributed by atoms with Crippen molar-refractivity contribution in [3.63, 3.8) is 0 Å². The first-order valence-corrected chi connectivity index (χ1v) is 10.7.